The van der Waals surface area contributed by atoms with Crippen LogP contribution in [0.25, 0.3) is 0 Å². The fraction of sp³-hybridized carbons (Fsp3) is 1.00. The average molecular weight is 128 g/mol. The van der Waals surface area contributed by atoms with Crippen molar-refractivity contribution < 1.29 is 10.2 Å². The van der Waals surface area contributed by atoms with Gasteiger partial charge in [0.25, 0.3) is 0 Å². The highest BCUT2D eigenvalue weighted by Crippen LogP contribution is 2.55. The topological polar surface area (TPSA) is 40.5 Å². The third kappa shape index (κ3) is 0.528. The first-order chi connectivity index (χ1) is 4.25. The fourth-order valence-electron chi connectivity index (χ4n) is 2.03. The Kier molecular flexibility index (Phi) is 0.945. The van der Waals surface area contributed by atoms with Crippen molar-refractivity contribution >= 4 is 0 Å². The fourth-order valence-corrected chi connectivity index (χ4v) is 2.03. The van der Waals surface area contributed by atoms with Gasteiger partial charge in [-0.05, 0) is 19.3 Å². The molecule has 2 nitrogen and oxygen atoms in total. The van der Waals surface area contributed by atoms with Gasteiger partial charge in [0.2, 0.25) is 0 Å². The van der Waals surface area contributed by atoms with Crippen LogP contribution in [-0.4, -0.2) is 22.4 Å². The van der Waals surface area contributed by atoms with Crippen LogP contribution in [0.2, 0.25) is 0 Å². The maximum atomic E-state index is 9.24. The van der Waals surface area contributed by atoms with Gasteiger partial charge in [0.15, 0.2) is 0 Å². The summed E-state index contributed by atoms with van der Waals surface area (Å²) in [5.41, 5.74) is 0.180. The molecular formula is C7H12O2. The summed E-state index contributed by atoms with van der Waals surface area (Å²) in [5.74, 6) is 0. The van der Waals surface area contributed by atoms with E-state index in [0.717, 1.165) is 19.3 Å². The molecule has 0 aromatic heterocycles. The van der Waals surface area contributed by atoms with Crippen molar-refractivity contribution in [3.05, 3.63) is 0 Å². The quantitative estimate of drug-likeness (QED) is 0.492. The molecule has 9 heavy (non-hydrogen) atoms. The van der Waals surface area contributed by atoms with Gasteiger partial charge in [-0.2, -0.15) is 0 Å². The van der Waals surface area contributed by atoms with Crippen LogP contribution in [-0.2, 0) is 0 Å². The minimum Gasteiger partial charge on any atom is -0.390 e. The van der Waals surface area contributed by atoms with E-state index in [4.69, 9.17) is 5.11 Å². The molecule has 2 unspecified atom stereocenters. The maximum Gasteiger partial charge on any atom is 0.0856 e. The van der Waals surface area contributed by atoms with Gasteiger partial charge < -0.3 is 10.2 Å². The van der Waals surface area contributed by atoms with Crippen molar-refractivity contribution in [1.29, 1.82) is 0 Å². The first-order valence-corrected chi connectivity index (χ1v) is 3.61. The lowest BCUT2D eigenvalue weighted by Gasteiger charge is -2.56. The SMILES string of the molecule is OC1CC2(CCC2)C1O. The lowest BCUT2D eigenvalue weighted by molar-refractivity contribution is -0.197. The van der Waals surface area contributed by atoms with Gasteiger partial charge in [-0.3, -0.25) is 0 Å². The van der Waals surface area contributed by atoms with Gasteiger partial charge in [0.1, 0.15) is 0 Å². The molecule has 0 aromatic rings. The summed E-state index contributed by atoms with van der Waals surface area (Å²) in [6, 6.07) is 0. The van der Waals surface area contributed by atoms with Crippen LogP contribution in [0.15, 0.2) is 0 Å². The Balaban J connectivity index is 2.02. The summed E-state index contributed by atoms with van der Waals surface area (Å²) in [6.45, 7) is 0. The molecule has 0 aromatic carbocycles. The second-order valence-electron chi connectivity index (χ2n) is 3.43. The first kappa shape index (κ1) is 5.69. The molecule has 0 heterocycles. The molecule has 0 aliphatic heterocycles. The Hall–Kier alpha value is -0.0800. The summed E-state index contributed by atoms with van der Waals surface area (Å²) in [5, 5.41) is 18.2. The molecular weight excluding hydrogens is 116 g/mol. The molecule has 2 N–H and O–H groups in total. The van der Waals surface area contributed by atoms with Crippen molar-refractivity contribution in [1.82, 2.24) is 0 Å². The van der Waals surface area contributed by atoms with E-state index in [1.807, 2.05) is 0 Å². The van der Waals surface area contributed by atoms with Gasteiger partial charge in [-0.15, -0.1) is 0 Å². The van der Waals surface area contributed by atoms with Gasteiger partial charge >= 0.3 is 0 Å². The van der Waals surface area contributed by atoms with Crippen LogP contribution in [0.1, 0.15) is 25.7 Å². The molecule has 2 aliphatic carbocycles. The lowest BCUT2D eigenvalue weighted by atomic mass is 9.53. The highest BCUT2D eigenvalue weighted by Gasteiger charge is 2.55. The monoisotopic (exact) mass is 128 g/mol. The van der Waals surface area contributed by atoms with E-state index in [2.05, 4.69) is 0 Å². The predicted octanol–water partition coefficient (Wildman–Crippen LogP) is 0.282. The lowest BCUT2D eigenvalue weighted by Crippen LogP contribution is -2.59. The highest BCUT2D eigenvalue weighted by atomic mass is 16.3. The van der Waals surface area contributed by atoms with E-state index >= 15 is 0 Å². The molecule has 1 spiro atoms. The van der Waals surface area contributed by atoms with E-state index < -0.39 is 12.2 Å². The number of hydrogen-bond acceptors (Lipinski definition) is 2. The Morgan fingerprint density at radius 3 is 2.00 bits per heavy atom. The number of rotatable bonds is 0. The van der Waals surface area contributed by atoms with Crippen LogP contribution >= 0.6 is 0 Å². The van der Waals surface area contributed by atoms with Crippen molar-refractivity contribution in [3.63, 3.8) is 0 Å². The summed E-state index contributed by atoms with van der Waals surface area (Å²) in [7, 11) is 0. The Labute approximate surface area is 54.5 Å². The summed E-state index contributed by atoms with van der Waals surface area (Å²) < 4.78 is 0. The Morgan fingerprint density at radius 1 is 1.22 bits per heavy atom. The van der Waals surface area contributed by atoms with E-state index in [1.165, 1.54) is 6.42 Å². The van der Waals surface area contributed by atoms with Crippen LogP contribution in [0, 0.1) is 5.41 Å². The highest BCUT2D eigenvalue weighted by molar-refractivity contribution is 5.06. The second-order valence-corrected chi connectivity index (χ2v) is 3.43. The van der Waals surface area contributed by atoms with Crippen LogP contribution in [0.5, 0.6) is 0 Å². The van der Waals surface area contributed by atoms with Gasteiger partial charge in [-0.1, -0.05) is 6.42 Å². The molecule has 0 radical (unpaired) electrons. The van der Waals surface area contributed by atoms with Crippen molar-refractivity contribution in [3.8, 4) is 0 Å². The van der Waals surface area contributed by atoms with Crippen molar-refractivity contribution in [2.75, 3.05) is 0 Å². The van der Waals surface area contributed by atoms with Crippen molar-refractivity contribution in [2.24, 2.45) is 5.41 Å². The normalized spacial score (nSPS) is 46.0. The largest absolute Gasteiger partial charge is 0.390 e. The Morgan fingerprint density at radius 2 is 1.89 bits per heavy atom. The molecule has 52 valence electrons. The zero-order chi connectivity index (χ0) is 6.48. The first-order valence-electron chi connectivity index (χ1n) is 3.61. The van der Waals surface area contributed by atoms with Gasteiger partial charge in [0, 0.05) is 5.41 Å². The van der Waals surface area contributed by atoms with Gasteiger partial charge in [0.05, 0.1) is 12.2 Å². The standard InChI is InChI=1S/C7H12O2/c8-5-4-7(6(5)9)2-1-3-7/h5-6,8-9H,1-4H2. The third-order valence-corrected chi connectivity index (χ3v) is 2.96. The zero-order valence-corrected chi connectivity index (χ0v) is 5.38. The number of hydrogen-bond donors (Lipinski definition) is 2. The maximum absolute atomic E-state index is 9.24. The molecule has 2 saturated carbocycles. The van der Waals surface area contributed by atoms with Crippen LogP contribution < -0.4 is 0 Å². The average Bonchev–Trinajstić information content (AvgIpc) is 1.77. The summed E-state index contributed by atoms with van der Waals surface area (Å²) in [6.07, 6.45) is 3.53. The summed E-state index contributed by atoms with van der Waals surface area (Å²) >= 11 is 0. The van der Waals surface area contributed by atoms with Crippen LogP contribution in [0.3, 0.4) is 0 Å². The molecule has 2 heteroatoms. The molecule has 0 saturated heterocycles. The van der Waals surface area contributed by atoms with Crippen LogP contribution in [0.4, 0.5) is 0 Å². The minimum absolute atomic E-state index is 0.180. The molecule has 2 aliphatic rings. The van der Waals surface area contributed by atoms with E-state index in [0.29, 0.717) is 0 Å². The molecule has 2 atom stereocenters. The van der Waals surface area contributed by atoms with Crippen molar-refractivity contribution in [2.45, 2.75) is 37.9 Å². The minimum atomic E-state index is -0.412. The summed E-state index contributed by atoms with van der Waals surface area (Å²) in [4.78, 5) is 0. The van der Waals surface area contributed by atoms with E-state index in [-0.39, 0.29) is 5.41 Å². The third-order valence-electron chi connectivity index (χ3n) is 2.96. The molecule has 2 rings (SSSR count). The second kappa shape index (κ2) is 1.50. The van der Waals surface area contributed by atoms with E-state index in [9.17, 15) is 5.11 Å². The molecule has 0 bridgehead atoms. The molecule has 0 amide bonds. The Bertz CT molecular complexity index is 129. The smallest absolute Gasteiger partial charge is 0.0856 e. The number of aliphatic hydroxyl groups is 2. The predicted molar refractivity (Wildman–Crippen MR) is 32.9 cm³/mol. The number of aliphatic hydroxyl groups excluding tert-OH is 2. The molecule has 2 fully saturated rings. The van der Waals surface area contributed by atoms with E-state index in [1.54, 1.807) is 0 Å². The zero-order valence-electron chi connectivity index (χ0n) is 5.38. The van der Waals surface area contributed by atoms with Gasteiger partial charge in [-0.25, -0.2) is 0 Å².